The number of amidine groups is 1. The predicted molar refractivity (Wildman–Crippen MR) is 124 cm³/mol. The van der Waals surface area contributed by atoms with E-state index in [-0.39, 0.29) is 17.3 Å². The zero-order chi connectivity index (χ0) is 22.8. The highest BCUT2D eigenvalue weighted by molar-refractivity contribution is 6.12. The van der Waals surface area contributed by atoms with E-state index >= 15 is 0 Å². The first kappa shape index (κ1) is 21.5. The topological polar surface area (TPSA) is 110 Å². The maximum Gasteiger partial charge on any atom is 0.183 e. The lowest BCUT2D eigenvalue weighted by Crippen LogP contribution is -2.40. The Balaban J connectivity index is 1.70. The molecular weight excluding hydrogens is 412 g/mol. The van der Waals surface area contributed by atoms with Gasteiger partial charge in [0.05, 0.1) is 11.3 Å². The van der Waals surface area contributed by atoms with Crippen LogP contribution in [0.1, 0.15) is 24.0 Å². The summed E-state index contributed by atoms with van der Waals surface area (Å²) in [6.45, 7) is 4.20. The molecule has 0 amide bonds. The Kier molecular flexibility index (Phi) is 5.91. The maximum atomic E-state index is 14.3. The van der Waals surface area contributed by atoms with Gasteiger partial charge in [0, 0.05) is 30.5 Å². The van der Waals surface area contributed by atoms with Crippen molar-refractivity contribution in [1.82, 2.24) is 4.98 Å². The van der Waals surface area contributed by atoms with Gasteiger partial charge in [-0.15, -0.1) is 0 Å². The van der Waals surface area contributed by atoms with Crippen molar-refractivity contribution in [2.24, 2.45) is 16.8 Å². The molecule has 1 saturated heterocycles. The van der Waals surface area contributed by atoms with Crippen LogP contribution in [-0.4, -0.2) is 23.9 Å². The number of aryl methyl sites for hydroxylation is 1. The minimum atomic E-state index is -1.12. The summed E-state index contributed by atoms with van der Waals surface area (Å²) >= 11 is 0. The van der Waals surface area contributed by atoms with Gasteiger partial charge in [-0.2, -0.15) is 5.10 Å². The standard InChI is InChI=1S/C23H25F2N7/c1-14-11-15(7-8-19(14)31-9-2-3-10-31)16-12-17(22(26)29-13-16)23(30-27)32(28)20-6-4-5-18(24)21(20)25/h4-8,11-13H,2-3,9-10,27-28H2,1H3,(H2,26,29)/b30-23-. The fraction of sp³-hybridized carbons (Fsp3) is 0.217. The first-order valence-electron chi connectivity index (χ1n) is 10.3. The molecule has 0 saturated carbocycles. The number of aromatic nitrogens is 1. The fourth-order valence-electron chi connectivity index (χ4n) is 4.01. The number of hydrazone groups is 1. The third-order valence-electron chi connectivity index (χ3n) is 5.68. The van der Waals surface area contributed by atoms with Crippen molar-refractivity contribution >= 4 is 23.0 Å². The molecule has 166 valence electrons. The van der Waals surface area contributed by atoms with Crippen molar-refractivity contribution in [2.45, 2.75) is 19.8 Å². The Bertz CT molecular complexity index is 1170. The van der Waals surface area contributed by atoms with Gasteiger partial charge in [-0.25, -0.2) is 19.6 Å². The Morgan fingerprint density at radius 1 is 1.09 bits per heavy atom. The van der Waals surface area contributed by atoms with Gasteiger partial charge in [0.1, 0.15) is 5.82 Å². The zero-order valence-corrected chi connectivity index (χ0v) is 17.7. The normalized spacial score (nSPS) is 14.1. The number of nitrogens with zero attached hydrogens (tertiary/aromatic N) is 4. The molecule has 0 aliphatic carbocycles. The molecule has 9 heteroatoms. The largest absolute Gasteiger partial charge is 0.383 e. The van der Waals surface area contributed by atoms with E-state index in [1.54, 1.807) is 12.3 Å². The fourth-order valence-corrected chi connectivity index (χ4v) is 4.01. The van der Waals surface area contributed by atoms with Crippen LogP contribution < -0.4 is 27.3 Å². The van der Waals surface area contributed by atoms with E-state index in [9.17, 15) is 8.78 Å². The summed E-state index contributed by atoms with van der Waals surface area (Å²) < 4.78 is 28.0. The van der Waals surface area contributed by atoms with Gasteiger partial charge in [0.2, 0.25) is 0 Å². The molecule has 4 rings (SSSR count). The molecule has 6 N–H and O–H groups in total. The number of hydrogen-bond acceptors (Lipinski definition) is 6. The number of nitrogens with two attached hydrogens (primary N) is 3. The van der Waals surface area contributed by atoms with Crippen LogP contribution >= 0.6 is 0 Å². The van der Waals surface area contributed by atoms with E-state index < -0.39 is 11.6 Å². The van der Waals surface area contributed by atoms with Gasteiger partial charge in [-0.1, -0.05) is 12.1 Å². The summed E-state index contributed by atoms with van der Waals surface area (Å²) in [6.07, 6.45) is 4.05. The lowest BCUT2D eigenvalue weighted by atomic mass is 10.0. The van der Waals surface area contributed by atoms with Gasteiger partial charge >= 0.3 is 0 Å². The summed E-state index contributed by atoms with van der Waals surface area (Å²) in [7, 11) is 0. The molecule has 32 heavy (non-hydrogen) atoms. The molecule has 2 heterocycles. The third kappa shape index (κ3) is 3.94. The maximum absolute atomic E-state index is 14.3. The molecule has 7 nitrogen and oxygen atoms in total. The van der Waals surface area contributed by atoms with Crippen LogP contribution in [0.15, 0.2) is 53.8 Å². The zero-order valence-electron chi connectivity index (χ0n) is 17.7. The first-order valence-corrected chi connectivity index (χ1v) is 10.3. The Labute approximate surface area is 185 Å². The van der Waals surface area contributed by atoms with E-state index in [1.165, 1.54) is 30.7 Å². The van der Waals surface area contributed by atoms with Crippen LogP contribution in [0, 0.1) is 18.6 Å². The highest BCUT2D eigenvalue weighted by Gasteiger charge is 2.21. The Hall–Kier alpha value is -3.72. The molecule has 1 aliphatic rings. The number of halogens is 2. The summed E-state index contributed by atoms with van der Waals surface area (Å²) in [5.41, 5.74) is 10.2. The summed E-state index contributed by atoms with van der Waals surface area (Å²) in [4.78, 5) is 6.63. The summed E-state index contributed by atoms with van der Waals surface area (Å²) in [6, 6.07) is 11.6. The number of pyridine rings is 1. The average molecular weight is 437 g/mol. The molecule has 0 atom stereocenters. The number of hydrogen-bond donors (Lipinski definition) is 3. The van der Waals surface area contributed by atoms with Crippen molar-refractivity contribution in [3.63, 3.8) is 0 Å². The van der Waals surface area contributed by atoms with Crippen molar-refractivity contribution in [3.8, 4) is 11.1 Å². The Morgan fingerprint density at radius 2 is 1.84 bits per heavy atom. The second kappa shape index (κ2) is 8.80. The second-order valence-electron chi connectivity index (χ2n) is 7.75. The summed E-state index contributed by atoms with van der Waals surface area (Å²) in [5, 5.41) is 4.55. The molecule has 0 unspecified atom stereocenters. The van der Waals surface area contributed by atoms with Gasteiger partial charge in [-0.3, -0.25) is 5.01 Å². The lowest BCUT2D eigenvalue weighted by Gasteiger charge is -2.22. The van der Waals surface area contributed by atoms with Gasteiger partial charge in [0.15, 0.2) is 17.5 Å². The minimum Gasteiger partial charge on any atom is -0.383 e. The van der Waals surface area contributed by atoms with E-state index in [4.69, 9.17) is 17.4 Å². The quantitative estimate of drug-likeness (QED) is 0.249. The third-order valence-corrected chi connectivity index (χ3v) is 5.68. The second-order valence-corrected chi connectivity index (χ2v) is 7.75. The smallest absolute Gasteiger partial charge is 0.183 e. The highest BCUT2D eigenvalue weighted by Crippen LogP contribution is 2.31. The number of nitrogen functional groups attached to an aromatic ring is 1. The molecule has 1 fully saturated rings. The van der Waals surface area contributed by atoms with Crippen molar-refractivity contribution in [3.05, 3.63) is 71.4 Å². The van der Waals surface area contributed by atoms with Crippen LogP contribution in [0.5, 0.6) is 0 Å². The minimum absolute atomic E-state index is 0.0493. The highest BCUT2D eigenvalue weighted by atomic mass is 19.2. The number of rotatable bonds is 4. The average Bonchev–Trinajstić information content (AvgIpc) is 3.32. The van der Waals surface area contributed by atoms with E-state index in [0.29, 0.717) is 5.56 Å². The monoisotopic (exact) mass is 437 g/mol. The molecule has 0 spiro atoms. The Morgan fingerprint density at radius 3 is 2.53 bits per heavy atom. The van der Waals surface area contributed by atoms with E-state index in [0.717, 1.165) is 40.9 Å². The number of hydrazine groups is 1. The first-order chi connectivity index (χ1) is 15.4. The molecule has 0 radical (unpaired) electrons. The molecule has 3 aromatic rings. The van der Waals surface area contributed by atoms with Crippen LogP contribution in [0.3, 0.4) is 0 Å². The number of benzene rings is 2. The molecular formula is C23H25F2N7. The van der Waals surface area contributed by atoms with Crippen molar-refractivity contribution in [1.29, 1.82) is 0 Å². The van der Waals surface area contributed by atoms with Gasteiger partial charge < -0.3 is 16.5 Å². The van der Waals surface area contributed by atoms with Crippen LogP contribution in [0.2, 0.25) is 0 Å². The van der Waals surface area contributed by atoms with Crippen molar-refractivity contribution in [2.75, 3.05) is 28.7 Å². The van der Waals surface area contributed by atoms with E-state index in [1.807, 2.05) is 6.07 Å². The predicted octanol–water partition coefficient (Wildman–Crippen LogP) is 3.52. The van der Waals surface area contributed by atoms with Crippen molar-refractivity contribution < 1.29 is 8.78 Å². The van der Waals surface area contributed by atoms with Crippen LogP contribution in [-0.2, 0) is 0 Å². The summed E-state index contributed by atoms with van der Waals surface area (Å²) in [5.74, 6) is 9.51. The lowest BCUT2D eigenvalue weighted by molar-refractivity contribution is 0.509. The SMILES string of the molecule is Cc1cc(-c2cnc(N)c(/C(=N/N)N(N)c3cccc(F)c3F)c2)ccc1N1CCCC1. The number of anilines is 3. The molecule has 1 aliphatic heterocycles. The van der Waals surface area contributed by atoms with Gasteiger partial charge in [-0.05, 0) is 61.2 Å². The van der Waals surface area contributed by atoms with E-state index in [2.05, 4.69) is 34.0 Å². The molecule has 2 aromatic carbocycles. The molecule has 1 aromatic heterocycles. The van der Waals surface area contributed by atoms with Crippen LogP contribution in [0.25, 0.3) is 11.1 Å². The van der Waals surface area contributed by atoms with Gasteiger partial charge in [0.25, 0.3) is 0 Å². The molecule has 0 bridgehead atoms. The van der Waals surface area contributed by atoms with Crippen LogP contribution in [0.4, 0.5) is 26.0 Å².